The number of halogens is 6. The number of hydrogen-bond acceptors (Lipinski definition) is 6. The Bertz CT molecular complexity index is 1120. The van der Waals surface area contributed by atoms with Crippen LogP contribution in [0.15, 0.2) is 36.7 Å². The maximum absolute atomic E-state index is 13.6. The van der Waals surface area contributed by atoms with Gasteiger partial charge in [0.15, 0.2) is 11.5 Å². The fourth-order valence-electron chi connectivity index (χ4n) is 2.70. The number of rotatable bonds is 4. The largest absolute Gasteiger partial charge is 0.481 e. The monoisotopic (exact) mass is 446 g/mol. The van der Waals surface area contributed by atoms with Gasteiger partial charge in [-0.2, -0.15) is 31.4 Å². The first-order valence-corrected chi connectivity index (χ1v) is 8.30. The molecule has 0 saturated heterocycles. The number of aromatic nitrogens is 4. The number of pyridine rings is 2. The average molecular weight is 446 g/mol. The molecule has 0 atom stereocenters. The summed E-state index contributed by atoms with van der Waals surface area (Å²) in [6.07, 6.45) is -8.50. The number of methoxy groups -OCH3 is 2. The Kier molecular flexibility index (Phi) is 5.61. The van der Waals surface area contributed by atoms with E-state index in [0.29, 0.717) is 23.1 Å². The van der Waals surface area contributed by atoms with Crippen molar-refractivity contribution in [1.82, 2.24) is 19.7 Å². The standard InChI is InChI=1S/C18H12F6N4O3/c1-30-15-10(6-9(7-25-15)17(19,20)21)12-4-3-5-13(27-12)28-14(18(22,23)24)11(8-26-28)16(29)31-2/h3-8H,1-2H3. The van der Waals surface area contributed by atoms with Crippen molar-refractivity contribution in [3.63, 3.8) is 0 Å². The molecule has 0 aliphatic heterocycles. The second kappa shape index (κ2) is 7.89. The van der Waals surface area contributed by atoms with Crippen LogP contribution in [0, 0.1) is 0 Å². The highest BCUT2D eigenvalue weighted by Crippen LogP contribution is 2.36. The molecule has 3 heterocycles. The molecule has 3 rings (SSSR count). The van der Waals surface area contributed by atoms with E-state index in [1.54, 1.807) is 0 Å². The molecular weight excluding hydrogens is 434 g/mol. The first kappa shape index (κ1) is 22.1. The Labute approximate surface area is 170 Å². The second-order valence-electron chi connectivity index (χ2n) is 5.97. The quantitative estimate of drug-likeness (QED) is 0.442. The third kappa shape index (κ3) is 4.29. The first-order valence-electron chi connectivity index (χ1n) is 8.30. The van der Waals surface area contributed by atoms with Crippen molar-refractivity contribution in [2.45, 2.75) is 12.4 Å². The van der Waals surface area contributed by atoms with Gasteiger partial charge in [0.2, 0.25) is 5.88 Å². The molecule has 0 unspecified atom stereocenters. The van der Waals surface area contributed by atoms with Gasteiger partial charge in [0.05, 0.1) is 37.2 Å². The van der Waals surface area contributed by atoms with Crippen molar-refractivity contribution in [1.29, 1.82) is 0 Å². The molecule has 31 heavy (non-hydrogen) atoms. The van der Waals surface area contributed by atoms with E-state index in [1.807, 2.05) is 0 Å². The van der Waals surface area contributed by atoms with Crippen LogP contribution in [0.4, 0.5) is 26.3 Å². The molecule has 13 heteroatoms. The molecule has 3 aromatic rings. The summed E-state index contributed by atoms with van der Waals surface area (Å²) in [4.78, 5) is 19.3. The van der Waals surface area contributed by atoms with Crippen LogP contribution in [0.2, 0.25) is 0 Å². The zero-order valence-corrected chi connectivity index (χ0v) is 15.7. The van der Waals surface area contributed by atoms with E-state index in [2.05, 4.69) is 19.8 Å². The molecule has 0 aliphatic rings. The summed E-state index contributed by atoms with van der Waals surface area (Å²) in [7, 11) is 2.08. The second-order valence-corrected chi connectivity index (χ2v) is 5.97. The van der Waals surface area contributed by atoms with Crippen LogP contribution < -0.4 is 4.74 Å². The van der Waals surface area contributed by atoms with Crippen LogP contribution in [0.5, 0.6) is 5.88 Å². The lowest BCUT2D eigenvalue weighted by Crippen LogP contribution is -2.18. The summed E-state index contributed by atoms with van der Waals surface area (Å²) in [6, 6.07) is 4.38. The summed E-state index contributed by atoms with van der Waals surface area (Å²) in [5.74, 6) is -1.89. The Morgan fingerprint density at radius 2 is 1.74 bits per heavy atom. The van der Waals surface area contributed by atoms with Crippen molar-refractivity contribution in [2.24, 2.45) is 0 Å². The molecule has 0 N–H and O–H groups in total. The number of nitrogens with zero attached hydrogens (tertiary/aromatic N) is 4. The van der Waals surface area contributed by atoms with Crippen molar-refractivity contribution >= 4 is 5.97 Å². The van der Waals surface area contributed by atoms with Gasteiger partial charge in [0, 0.05) is 6.20 Å². The molecular formula is C18H12F6N4O3. The zero-order chi connectivity index (χ0) is 23.0. The van der Waals surface area contributed by atoms with Crippen LogP contribution in [-0.4, -0.2) is 39.9 Å². The average Bonchev–Trinajstić information content (AvgIpc) is 3.18. The Morgan fingerprint density at radius 1 is 1.03 bits per heavy atom. The Morgan fingerprint density at radius 3 is 2.32 bits per heavy atom. The smallest absolute Gasteiger partial charge is 0.434 e. The van der Waals surface area contributed by atoms with Gasteiger partial charge in [-0.15, -0.1) is 0 Å². The highest BCUT2D eigenvalue weighted by molar-refractivity contribution is 5.90. The number of carbonyl (C=O) groups is 1. The van der Waals surface area contributed by atoms with Crippen LogP contribution in [0.1, 0.15) is 21.6 Å². The van der Waals surface area contributed by atoms with Gasteiger partial charge in [-0.1, -0.05) is 6.07 Å². The normalized spacial score (nSPS) is 12.0. The molecule has 0 radical (unpaired) electrons. The first-order chi connectivity index (χ1) is 14.5. The summed E-state index contributed by atoms with van der Waals surface area (Å²) in [5.41, 5.74) is -3.75. The maximum atomic E-state index is 13.6. The minimum Gasteiger partial charge on any atom is -0.481 e. The molecule has 3 aromatic heterocycles. The number of alkyl halides is 6. The van der Waals surface area contributed by atoms with Gasteiger partial charge in [-0.05, 0) is 18.2 Å². The van der Waals surface area contributed by atoms with Gasteiger partial charge in [-0.3, -0.25) is 0 Å². The maximum Gasteiger partial charge on any atom is 0.434 e. The lowest BCUT2D eigenvalue weighted by Gasteiger charge is -2.14. The van der Waals surface area contributed by atoms with E-state index in [-0.39, 0.29) is 17.1 Å². The van der Waals surface area contributed by atoms with E-state index in [1.165, 1.54) is 19.2 Å². The molecule has 0 spiro atoms. The number of carbonyl (C=O) groups excluding carboxylic acids is 1. The van der Waals surface area contributed by atoms with Gasteiger partial charge < -0.3 is 9.47 Å². The SMILES string of the molecule is COC(=O)c1cnn(-c2cccc(-c3cc(C(F)(F)F)cnc3OC)n2)c1C(F)(F)F. The van der Waals surface area contributed by atoms with Crippen molar-refractivity contribution in [2.75, 3.05) is 14.2 Å². The topological polar surface area (TPSA) is 79.1 Å². The van der Waals surface area contributed by atoms with Crippen LogP contribution in [-0.2, 0) is 17.1 Å². The Hall–Kier alpha value is -3.64. The highest BCUT2D eigenvalue weighted by Gasteiger charge is 2.41. The van der Waals surface area contributed by atoms with Crippen molar-refractivity contribution in [3.8, 4) is 23.0 Å². The molecule has 7 nitrogen and oxygen atoms in total. The van der Waals surface area contributed by atoms with Crippen molar-refractivity contribution < 1.29 is 40.6 Å². The van der Waals surface area contributed by atoms with Crippen molar-refractivity contribution in [3.05, 3.63) is 53.5 Å². The molecule has 0 saturated carbocycles. The fraction of sp³-hybridized carbons (Fsp3) is 0.222. The van der Waals surface area contributed by atoms with E-state index < -0.39 is 41.0 Å². The van der Waals surface area contributed by atoms with E-state index in [9.17, 15) is 31.1 Å². The minimum absolute atomic E-state index is 0.156. The summed E-state index contributed by atoms with van der Waals surface area (Å²) in [5, 5.41) is 3.56. The summed E-state index contributed by atoms with van der Waals surface area (Å²) >= 11 is 0. The highest BCUT2D eigenvalue weighted by atomic mass is 19.4. The lowest BCUT2D eigenvalue weighted by molar-refractivity contribution is -0.143. The van der Waals surface area contributed by atoms with Crippen LogP contribution in [0.25, 0.3) is 17.1 Å². The zero-order valence-electron chi connectivity index (χ0n) is 15.7. The van der Waals surface area contributed by atoms with Gasteiger partial charge in [0.1, 0.15) is 5.56 Å². The van der Waals surface area contributed by atoms with Crippen LogP contribution >= 0.6 is 0 Å². The number of hydrogen-bond donors (Lipinski definition) is 0. The third-order valence-corrected chi connectivity index (χ3v) is 4.04. The van der Waals surface area contributed by atoms with Crippen LogP contribution in [0.3, 0.4) is 0 Å². The predicted molar refractivity (Wildman–Crippen MR) is 92.5 cm³/mol. The van der Waals surface area contributed by atoms with Gasteiger partial charge >= 0.3 is 18.3 Å². The van der Waals surface area contributed by atoms with E-state index >= 15 is 0 Å². The number of esters is 1. The third-order valence-electron chi connectivity index (χ3n) is 4.04. The number of ether oxygens (including phenoxy) is 2. The predicted octanol–water partition coefficient (Wildman–Crippen LogP) is 4.16. The lowest BCUT2D eigenvalue weighted by atomic mass is 10.1. The summed E-state index contributed by atoms with van der Waals surface area (Å²) in [6.45, 7) is 0. The molecule has 164 valence electrons. The fourth-order valence-corrected chi connectivity index (χ4v) is 2.70. The molecule has 0 aliphatic carbocycles. The molecule has 0 amide bonds. The summed E-state index contributed by atoms with van der Waals surface area (Å²) < 4.78 is 89.7. The van der Waals surface area contributed by atoms with Gasteiger partial charge in [-0.25, -0.2) is 19.4 Å². The molecule has 0 aromatic carbocycles. The Balaban J connectivity index is 2.19. The van der Waals surface area contributed by atoms with E-state index in [4.69, 9.17) is 4.74 Å². The molecule has 0 fully saturated rings. The van der Waals surface area contributed by atoms with Gasteiger partial charge in [0.25, 0.3) is 0 Å². The molecule has 0 bridgehead atoms. The minimum atomic E-state index is -5.01. The van der Waals surface area contributed by atoms with E-state index in [0.717, 1.165) is 13.2 Å².